The minimum Gasteiger partial charge on any atom is -0.465 e. The molecule has 84 valence electrons. The summed E-state index contributed by atoms with van der Waals surface area (Å²) in [6.45, 7) is 5.82. The van der Waals surface area contributed by atoms with Crippen LogP contribution in [0.2, 0.25) is 0 Å². The number of benzene rings is 1. The molecule has 0 aliphatic rings. The topological polar surface area (TPSA) is 50.1 Å². The van der Waals surface area contributed by atoms with Crippen LogP contribution < -0.4 is 0 Å². The Bertz CT molecular complexity index is 412. The molecule has 1 unspecified atom stereocenters. The maximum absolute atomic E-state index is 11.6. The van der Waals surface area contributed by atoms with Crippen molar-refractivity contribution in [3.8, 4) is 6.07 Å². The second-order valence-electron chi connectivity index (χ2n) is 3.62. The Morgan fingerprint density at radius 1 is 1.44 bits per heavy atom. The average Bonchev–Trinajstić information content (AvgIpc) is 2.24. The van der Waals surface area contributed by atoms with E-state index in [0.29, 0.717) is 6.61 Å². The number of rotatable bonds is 3. The minimum absolute atomic E-state index is 0.294. The third kappa shape index (κ3) is 2.40. The van der Waals surface area contributed by atoms with E-state index in [9.17, 15) is 4.79 Å². The molecule has 1 aromatic rings. The Labute approximate surface area is 95.7 Å². The third-order valence-electron chi connectivity index (χ3n) is 2.48. The summed E-state index contributed by atoms with van der Waals surface area (Å²) in [4.78, 5) is 11.6. The molecular formula is C13H15NO2. The molecule has 1 atom stereocenters. The minimum atomic E-state index is -0.818. The second-order valence-corrected chi connectivity index (χ2v) is 3.62. The first-order chi connectivity index (χ1) is 7.61. The molecule has 0 saturated heterocycles. The van der Waals surface area contributed by atoms with Crippen LogP contribution in [0.3, 0.4) is 0 Å². The van der Waals surface area contributed by atoms with Gasteiger partial charge in [-0.25, -0.2) is 0 Å². The van der Waals surface area contributed by atoms with Crippen LogP contribution in [0.1, 0.15) is 29.5 Å². The molecule has 0 aliphatic carbocycles. The molecule has 0 spiro atoms. The Hall–Kier alpha value is -1.82. The summed E-state index contributed by atoms with van der Waals surface area (Å²) in [5.41, 5.74) is 2.66. The number of aryl methyl sites for hydroxylation is 2. The molecule has 0 bridgehead atoms. The van der Waals surface area contributed by atoms with E-state index in [4.69, 9.17) is 10.00 Å². The Morgan fingerprint density at radius 3 is 2.44 bits per heavy atom. The Kier molecular flexibility index (Phi) is 4.07. The van der Waals surface area contributed by atoms with E-state index < -0.39 is 11.9 Å². The van der Waals surface area contributed by atoms with Crippen molar-refractivity contribution in [1.29, 1.82) is 5.26 Å². The summed E-state index contributed by atoms with van der Waals surface area (Å²) < 4.78 is 4.90. The smallest absolute Gasteiger partial charge is 0.327 e. The molecule has 0 fully saturated rings. The van der Waals surface area contributed by atoms with Gasteiger partial charge in [-0.05, 0) is 37.5 Å². The molecule has 0 heterocycles. The van der Waals surface area contributed by atoms with Crippen LogP contribution in [-0.4, -0.2) is 12.6 Å². The molecule has 0 amide bonds. The Morgan fingerprint density at radius 2 is 2.00 bits per heavy atom. The number of hydrogen-bond acceptors (Lipinski definition) is 3. The predicted octanol–water partition coefficient (Wildman–Crippen LogP) is 2.47. The van der Waals surface area contributed by atoms with Gasteiger partial charge in [0.15, 0.2) is 5.92 Å². The van der Waals surface area contributed by atoms with E-state index in [0.717, 1.165) is 16.7 Å². The molecule has 3 nitrogen and oxygen atoms in total. The van der Waals surface area contributed by atoms with Gasteiger partial charge in [-0.1, -0.05) is 18.2 Å². The van der Waals surface area contributed by atoms with Crippen LogP contribution in [0.15, 0.2) is 18.2 Å². The lowest BCUT2D eigenvalue weighted by Crippen LogP contribution is -2.16. The molecule has 1 aromatic carbocycles. The van der Waals surface area contributed by atoms with Crippen LogP contribution in [0, 0.1) is 25.2 Å². The SMILES string of the molecule is CCOC(=O)C(C#N)c1c(C)cccc1C. The summed E-state index contributed by atoms with van der Waals surface area (Å²) in [5.74, 6) is -1.29. The van der Waals surface area contributed by atoms with Crippen molar-refractivity contribution in [1.82, 2.24) is 0 Å². The van der Waals surface area contributed by atoms with Crippen molar-refractivity contribution in [3.05, 3.63) is 34.9 Å². The van der Waals surface area contributed by atoms with Crippen LogP contribution in [0.5, 0.6) is 0 Å². The first-order valence-corrected chi connectivity index (χ1v) is 5.24. The number of carbonyl (C=O) groups excluding carboxylic acids is 1. The van der Waals surface area contributed by atoms with E-state index in [1.807, 2.05) is 38.1 Å². The van der Waals surface area contributed by atoms with Crippen molar-refractivity contribution in [2.45, 2.75) is 26.7 Å². The van der Waals surface area contributed by atoms with Gasteiger partial charge in [0.05, 0.1) is 12.7 Å². The largest absolute Gasteiger partial charge is 0.465 e. The third-order valence-corrected chi connectivity index (χ3v) is 2.48. The standard InChI is InChI=1S/C13H15NO2/c1-4-16-13(15)11(8-14)12-9(2)6-5-7-10(12)3/h5-7,11H,4H2,1-3H3. The van der Waals surface area contributed by atoms with Gasteiger partial charge in [0.25, 0.3) is 0 Å². The average molecular weight is 217 g/mol. The van der Waals surface area contributed by atoms with E-state index in [-0.39, 0.29) is 0 Å². The molecule has 3 heteroatoms. The molecule has 0 aromatic heterocycles. The van der Waals surface area contributed by atoms with Gasteiger partial charge in [0, 0.05) is 0 Å². The number of carbonyl (C=O) groups is 1. The molecule has 0 N–H and O–H groups in total. The molecule has 0 aliphatic heterocycles. The lowest BCUT2D eigenvalue weighted by Gasteiger charge is -2.13. The zero-order valence-corrected chi connectivity index (χ0v) is 9.78. The monoisotopic (exact) mass is 217 g/mol. The van der Waals surface area contributed by atoms with Crippen molar-refractivity contribution in [2.24, 2.45) is 0 Å². The van der Waals surface area contributed by atoms with Crippen LogP contribution in [0.4, 0.5) is 0 Å². The number of nitriles is 1. The first-order valence-electron chi connectivity index (χ1n) is 5.24. The van der Waals surface area contributed by atoms with Crippen LogP contribution >= 0.6 is 0 Å². The van der Waals surface area contributed by atoms with E-state index in [2.05, 4.69) is 0 Å². The fourth-order valence-corrected chi connectivity index (χ4v) is 1.74. The number of ether oxygens (including phenoxy) is 1. The summed E-state index contributed by atoms with van der Waals surface area (Å²) in [6.07, 6.45) is 0. The fraction of sp³-hybridized carbons (Fsp3) is 0.385. The van der Waals surface area contributed by atoms with Gasteiger partial charge in [-0.3, -0.25) is 4.79 Å². The zero-order valence-electron chi connectivity index (χ0n) is 9.78. The molecule has 16 heavy (non-hydrogen) atoms. The lowest BCUT2D eigenvalue weighted by atomic mass is 9.92. The molecule has 0 radical (unpaired) electrons. The first kappa shape index (κ1) is 12.3. The maximum Gasteiger partial charge on any atom is 0.327 e. The molecular weight excluding hydrogens is 202 g/mol. The van der Waals surface area contributed by atoms with E-state index >= 15 is 0 Å². The number of esters is 1. The van der Waals surface area contributed by atoms with E-state index in [1.54, 1.807) is 6.92 Å². The van der Waals surface area contributed by atoms with Gasteiger partial charge in [0.2, 0.25) is 0 Å². The van der Waals surface area contributed by atoms with Gasteiger partial charge in [-0.15, -0.1) is 0 Å². The van der Waals surface area contributed by atoms with Crippen LogP contribution in [-0.2, 0) is 9.53 Å². The summed E-state index contributed by atoms with van der Waals surface area (Å²) in [5, 5.41) is 9.07. The van der Waals surface area contributed by atoms with Gasteiger partial charge >= 0.3 is 5.97 Å². The fourth-order valence-electron chi connectivity index (χ4n) is 1.74. The van der Waals surface area contributed by atoms with Crippen molar-refractivity contribution in [2.75, 3.05) is 6.61 Å². The number of hydrogen-bond donors (Lipinski definition) is 0. The normalized spacial score (nSPS) is 11.6. The summed E-state index contributed by atoms with van der Waals surface area (Å²) in [7, 11) is 0. The zero-order chi connectivity index (χ0) is 12.1. The van der Waals surface area contributed by atoms with Crippen molar-refractivity contribution < 1.29 is 9.53 Å². The highest BCUT2D eigenvalue weighted by Crippen LogP contribution is 2.24. The lowest BCUT2D eigenvalue weighted by molar-refractivity contribution is -0.143. The summed E-state index contributed by atoms with van der Waals surface area (Å²) >= 11 is 0. The van der Waals surface area contributed by atoms with Crippen molar-refractivity contribution in [3.63, 3.8) is 0 Å². The van der Waals surface area contributed by atoms with Gasteiger partial charge in [0.1, 0.15) is 0 Å². The van der Waals surface area contributed by atoms with Crippen molar-refractivity contribution >= 4 is 5.97 Å². The molecule has 1 rings (SSSR count). The van der Waals surface area contributed by atoms with Crippen LogP contribution in [0.25, 0.3) is 0 Å². The second kappa shape index (κ2) is 5.32. The Balaban J connectivity index is 3.15. The summed E-state index contributed by atoms with van der Waals surface area (Å²) in [6, 6.07) is 7.71. The highest BCUT2D eigenvalue weighted by Gasteiger charge is 2.24. The maximum atomic E-state index is 11.6. The van der Waals surface area contributed by atoms with E-state index in [1.165, 1.54) is 0 Å². The van der Waals surface area contributed by atoms with Gasteiger partial charge in [-0.2, -0.15) is 5.26 Å². The number of nitrogens with zero attached hydrogens (tertiary/aromatic N) is 1. The quantitative estimate of drug-likeness (QED) is 0.731. The van der Waals surface area contributed by atoms with Gasteiger partial charge < -0.3 is 4.74 Å². The highest BCUT2D eigenvalue weighted by atomic mass is 16.5. The molecule has 0 saturated carbocycles. The highest BCUT2D eigenvalue weighted by molar-refractivity contribution is 5.82. The predicted molar refractivity (Wildman–Crippen MR) is 60.9 cm³/mol.